The molecule has 0 aromatic heterocycles. The van der Waals surface area contributed by atoms with Gasteiger partial charge in [-0.25, -0.2) is 8.42 Å². The number of thioether (sulfide) groups is 1. The van der Waals surface area contributed by atoms with E-state index in [1.165, 1.54) is 12.1 Å². The minimum atomic E-state index is -3.85. The topological polar surface area (TPSA) is 43.4 Å². The third-order valence-electron chi connectivity index (χ3n) is 1.99. The van der Waals surface area contributed by atoms with Gasteiger partial charge in [-0.1, -0.05) is 23.2 Å². The van der Waals surface area contributed by atoms with Crippen LogP contribution in [0.1, 0.15) is 6.42 Å². The van der Waals surface area contributed by atoms with Gasteiger partial charge in [-0.2, -0.15) is 11.8 Å². The summed E-state index contributed by atoms with van der Waals surface area (Å²) < 4.78 is 27.7. The zero-order chi connectivity index (χ0) is 13.8. The van der Waals surface area contributed by atoms with Crippen molar-refractivity contribution in [2.75, 3.05) is 18.6 Å². The molecule has 3 nitrogen and oxygen atoms in total. The van der Waals surface area contributed by atoms with Crippen LogP contribution in [0.3, 0.4) is 0 Å². The van der Waals surface area contributed by atoms with E-state index in [2.05, 4.69) is 0 Å². The maximum atomic E-state index is 11.2. The Balaban J connectivity index is 2.88. The first kappa shape index (κ1) is 16.2. The molecule has 0 saturated heterocycles. The summed E-state index contributed by atoms with van der Waals surface area (Å²) in [5, 5.41) is 0.261. The van der Waals surface area contributed by atoms with Gasteiger partial charge in [0.15, 0.2) is 5.75 Å². The summed E-state index contributed by atoms with van der Waals surface area (Å²) in [5.41, 5.74) is 0. The molecule has 0 atom stereocenters. The fourth-order valence-electron chi connectivity index (χ4n) is 1.19. The lowest BCUT2D eigenvalue weighted by molar-refractivity contribution is 0.319. The Labute approximate surface area is 125 Å². The Hall–Kier alpha value is 0.190. The highest BCUT2D eigenvalue weighted by Gasteiger charge is 2.16. The molecule has 0 N–H and O–H groups in total. The summed E-state index contributed by atoms with van der Waals surface area (Å²) >= 11 is 13.5. The Morgan fingerprint density at radius 2 is 1.83 bits per heavy atom. The van der Waals surface area contributed by atoms with Crippen LogP contribution in [-0.4, -0.2) is 27.0 Å². The highest BCUT2D eigenvalue weighted by Crippen LogP contribution is 2.36. The molecule has 1 aromatic rings. The maximum Gasteiger partial charge on any atom is 0.261 e. The summed E-state index contributed by atoms with van der Waals surface area (Å²) in [6.45, 7) is 0.466. The zero-order valence-electron chi connectivity index (χ0n) is 9.45. The molecule has 0 aliphatic rings. The molecule has 0 radical (unpaired) electrons. The second-order valence-corrected chi connectivity index (χ2v) is 7.71. The summed E-state index contributed by atoms with van der Waals surface area (Å²) in [6, 6.07) is 2.44. The first-order valence-corrected chi connectivity index (χ1v) is 9.37. The normalized spacial score (nSPS) is 11.6. The van der Waals surface area contributed by atoms with Gasteiger partial charge in [0, 0.05) is 10.7 Å². The van der Waals surface area contributed by atoms with Gasteiger partial charge >= 0.3 is 0 Å². The Morgan fingerprint density at radius 3 is 2.28 bits per heavy atom. The number of hydrogen-bond acceptors (Lipinski definition) is 4. The van der Waals surface area contributed by atoms with E-state index >= 15 is 0 Å². The molecule has 0 unspecified atom stereocenters. The number of ether oxygens (including phenoxy) is 1. The molecular weight excluding hydrogens is 339 g/mol. The maximum absolute atomic E-state index is 11.2. The predicted octanol–water partition coefficient (Wildman–Crippen LogP) is 4.05. The van der Waals surface area contributed by atoms with E-state index in [9.17, 15) is 8.42 Å². The second-order valence-electron chi connectivity index (χ2n) is 3.35. The van der Waals surface area contributed by atoms with Crippen LogP contribution >= 0.6 is 45.6 Å². The monoisotopic (exact) mass is 348 g/mol. The largest absolute Gasteiger partial charge is 0.490 e. The van der Waals surface area contributed by atoms with E-state index in [1.54, 1.807) is 11.8 Å². The van der Waals surface area contributed by atoms with E-state index in [-0.39, 0.29) is 20.7 Å². The van der Waals surface area contributed by atoms with E-state index in [0.29, 0.717) is 6.61 Å². The fourth-order valence-corrected chi connectivity index (χ4v) is 3.11. The van der Waals surface area contributed by atoms with Gasteiger partial charge in [0.25, 0.3) is 9.05 Å². The molecule has 0 saturated carbocycles. The van der Waals surface area contributed by atoms with Crippen molar-refractivity contribution < 1.29 is 13.2 Å². The van der Waals surface area contributed by atoms with E-state index < -0.39 is 9.05 Å². The molecule has 0 spiro atoms. The quantitative estimate of drug-likeness (QED) is 0.574. The van der Waals surface area contributed by atoms with E-state index in [4.69, 9.17) is 38.6 Å². The van der Waals surface area contributed by atoms with Crippen LogP contribution in [0.4, 0.5) is 0 Å². The van der Waals surface area contributed by atoms with Crippen molar-refractivity contribution in [1.82, 2.24) is 0 Å². The van der Waals surface area contributed by atoms with Crippen LogP contribution in [0.25, 0.3) is 0 Å². The molecule has 0 aliphatic carbocycles. The summed E-state index contributed by atoms with van der Waals surface area (Å²) in [7, 11) is 1.36. The zero-order valence-corrected chi connectivity index (χ0v) is 13.4. The molecule has 0 bridgehead atoms. The molecule has 0 fully saturated rings. The van der Waals surface area contributed by atoms with Crippen LogP contribution in [0.15, 0.2) is 17.0 Å². The molecule has 0 heterocycles. The predicted molar refractivity (Wildman–Crippen MR) is 78.0 cm³/mol. The summed E-state index contributed by atoms with van der Waals surface area (Å²) in [5.74, 6) is 1.24. The van der Waals surface area contributed by atoms with E-state index in [0.717, 1.165) is 12.2 Å². The van der Waals surface area contributed by atoms with Crippen LogP contribution in [0, 0.1) is 0 Å². The van der Waals surface area contributed by atoms with Crippen molar-refractivity contribution >= 4 is 54.7 Å². The van der Waals surface area contributed by atoms with Crippen molar-refractivity contribution in [2.45, 2.75) is 11.3 Å². The molecular formula is C10H11Cl3O3S2. The minimum Gasteiger partial charge on any atom is -0.490 e. The van der Waals surface area contributed by atoms with Crippen LogP contribution in [0.2, 0.25) is 10.0 Å². The lowest BCUT2D eigenvalue weighted by Crippen LogP contribution is -2.01. The van der Waals surface area contributed by atoms with E-state index in [1.807, 2.05) is 6.26 Å². The van der Waals surface area contributed by atoms with Crippen molar-refractivity contribution in [3.05, 3.63) is 22.2 Å². The number of rotatable bonds is 6. The molecule has 0 amide bonds. The molecule has 1 rings (SSSR count). The lowest BCUT2D eigenvalue weighted by Gasteiger charge is -2.10. The van der Waals surface area contributed by atoms with Gasteiger partial charge in [-0.3, -0.25) is 0 Å². The van der Waals surface area contributed by atoms with Crippen molar-refractivity contribution in [1.29, 1.82) is 0 Å². The molecule has 0 aliphatic heterocycles. The standard InChI is InChI=1S/C10H11Cl3O3S2/c1-17-4-2-3-16-10-8(11)5-7(6-9(10)12)18(13,14)15/h5-6H,2-4H2,1H3. The number of benzene rings is 1. The average Bonchev–Trinajstić information content (AvgIpc) is 2.25. The highest BCUT2D eigenvalue weighted by atomic mass is 35.7. The van der Waals surface area contributed by atoms with Crippen LogP contribution < -0.4 is 4.74 Å². The van der Waals surface area contributed by atoms with Gasteiger partial charge in [0.2, 0.25) is 0 Å². The summed E-state index contributed by atoms with van der Waals surface area (Å²) in [4.78, 5) is -0.143. The molecule has 1 aromatic carbocycles. The lowest BCUT2D eigenvalue weighted by atomic mass is 10.3. The van der Waals surface area contributed by atoms with Gasteiger partial charge in [-0.15, -0.1) is 0 Å². The van der Waals surface area contributed by atoms with Crippen LogP contribution in [0.5, 0.6) is 5.75 Å². The first-order chi connectivity index (χ1) is 8.36. The van der Waals surface area contributed by atoms with Gasteiger partial charge in [0.05, 0.1) is 21.5 Å². The second kappa shape index (κ2) is 7.10. The van der Waals surface area contributed by atoms with Gasteiger partial charge in [0.1, 0.15) is 0 Å². The first-order valence-electron chi connectivity index (χ1n) is 4.91. The van der Waals surface area contributed by atoms with Crippen LogP contribution in [-0.2, 0) is 9.05 Å². The SMILES string of the molecule is CSCCCOc1c(Cl)cc(S(=O)(=O)Cl)cc1Cl. The third-order valence-corrected chi connectivity index (χ3v) is 4.58. The third kappa shape index (κ3) is 4.70. The fraction of sp³-hybridized carbons (Fsp3) is 0.400. The Bertz CT molecular complexity index is 494. The average molecular weight is 350 g/mol. The number of halogens is 3. The number of hydrogen-bond donors (Lipinski definition) is 0. The van der Waals surface area contributed by atoms with Gasteiger partial charge < -0.3 is 4.74 Å². The Kier molecular flexibility index (Phi) is 6.41. The minimum absolute atomic E-state index is 0.130. The van der Waals surface area contributed by atoms with Crippen molar-refractivity contribution in [3.8, 4) is 5.75 Å². The smallest absolute Gasteiger partial charge is 0.261 e. The van der Waals surface area contributed by atoms with Crippen molar-refractivity contribution in [3.63, 3.8) is 0 Å². The molecule has 18 heavy (non-hydrogen) atoms. The van der Waals surface area contributed by atoms with Gasteiger partial charge in [-0.05, 0) is 30.6 Å². The van der Waals surface area contributed by atoms with Crippen molar-refractivity contribution in [2.24, 2.45) is 0 Å². The summed E-state index contributed by atoms with van der Waals surface area (Å²) in [6.07, 6.45) is 2.85. The molecule has 8 heteroatoms. The molecule has 102 valence electrons. The Morgan fingerprint density at radius 1 is 1.28 bits per heavy atom. The highest BCUT2D eigenvalue weighted by molar-refractivity contribution is 8.13.